The van der Waals surface area contributed by atoms with E-state index in [1.54, 1.807) is 4.90 Å². The summed E-state index contributed by atoms with van der Waals surface area (Å²) >= 11 is 0. The van der Waals surface area contributed by atoms with Crippen molar-refractivity contribution in [3.63, 3.8) is 0 Å². The average molecular weight is 355 g/mol. The van der Waals surface area contributed by atoms with Crippen LogP contribution < -0.4 is 5.32 Å². The van der Waals surface area contributed by atoms with Crippen LogP contribution in [-0.2, 0) is 9.47 Å². The van der Waals surface area contributed by atoms with Crippen LogP contribution in [0.3, 0.4) is 0 Å². The van der Waals surface area contributed by atoms with Gasteiger partial charge in [-0.25, -0.2) is 9.59 Å². The number of rotatable bonds is 1. The number of nitrogens with zero attached hydrogens (tertiary/aromatic N) is 2. The van der Waals surface area contributed by atoms with Gasteiger partial charge in [0.2, 0.25) is 0 Å². The number of ether oxygens (including phenoxy) is 2. The molecule has 0 spiro atoms. The number of morpholine rings is 1. The van der Waals surface area contributed by atoms with Crippen molar-refractivity contribution in [1.82, 2.24) is 15.1 Å². The number of hydrogen-bond donors (Lipinski definition) is 1. The van der Waals surface area contributed by atoms with Crippen molar-refractivity contribution in [1.29, 1.82) is 0 Å². The molecule has 1 unspecified atom stereocenters. The summed E-state index contributed by atoms with van der Waals surface area (Å²) in [5.74, 6) is 0. The molecule has 2 fully saturated rings. The van der Waals surface area contributed by atoms with Gasteiger partial charge in [-0.05, 0) is 54.4 Å². The topological polar surface area (TPSA) is 71.1 Å². The molecule has 0 radical (unpaired) electrons. The summed E-state index contributed by atoms with van der Waals surface area (Å²) < 4.78 is 11.2. The van der Waals surface area contributed by atoms with E-state index in [1.165, 1.54) is 0 Å². The summed E-state index contributed by atoms with van der Waals surface area (Å²) in [6, 6.07) is 0.0476. The van der Waals surface area contributed by atoms with Gasteiger partial charge in [0.1, 0.15) is 5.60 Å². The molecule has 0 saturated carbocycles. The zero-order valence-corrected chi connectivity index (χ0v) is 16.4. The highest BCUT2D eigenvalue weighted by Gasteiger charge is 2.35. The Hall–Kier alpha value is -1.50. The molecule has 144 valence electrons. The number of likely N-dealkylation sites (tertiary alicyclic amines) is 1. The van der Waals surface area contributed by atoms with Crippen molar-refractivity contribution in [2.75, 3.05) is 26.2 Å². The smallest absolute Gasteiger partial charge is 0.410 e. The quantitative estimate of drug-likeness (QED) is 0.785. The normalized spacial score (nSPS) is 24.8. The minimum atomic E-state index is -0.484. The summed E-state index contributed by atoms with van der Waals surface area (Å²) in [6.07, 6.45) is 1.24. The lowest BCUT2D eigenvalue weighted by atomic mass is 10.0. The van der Waals surface area contributed by atoms with Gasteiger partial charge in [-0.3, -0.25) is 0 Å². The monoisotopic (exact) mass is 355 g/mol. The SMILES string of the molecule is CC1CN(C(=O)NC2CCN(C(=O)OC(C)(C)C)CC2)CC(C)(C)O1. The number of hydrogen-bond acceptors (Lipinski definition) is 4. The lowest BCUT2D eigenvalue weighted by molar-refractivity contribution is -0.117. The minimum Gasteiger partial charge on any atom is -0.444 e. The first-order valence-electron chi connectivity index (χ1n) is 9.16. The fourth-order valence-electron chi connectivity index (χ4n) is 3.41. The van der Waals surface area contributed by atoms with Gasteiger partial charge in [-0.1, -0.05) is 0 Å². The first kappa shape index (κ1) is 19.8. The average Bonchev–Trinajstić information content (AvgIpc) is 2.44. The highest BCUT2D eigenvalue weighted by atomic mass is 16.6. The summed E-state index contributed by atoms with van der Waals surface area (Å²) in [4.78, 5) is 28.2. The van der Waals surface area contributed by atoms with Crippen LogP contribution in [0.15, 0.2) is 0 Å². The van der Waals surface area contributed by atoms with E-state index in [0.29, 0.717) is 26.2 Å². The van der Waals surface area contributed by atoms with E-state index in [1.807, 2.05) is 46.4 Å². The standard InChI is InChI=1S/C18H33N3O4/c1-13-11-21(12-18(5,6)24-13)15(22)19-14-7-9-20(10-8-14)16(23)25-17(2,3)4/h13-14H,7-12H2,1-6H3,(H,19,22). The second-order valence-electron chi connectivity index (χ2n) is 8.76. The lowest BCUT2D eigenvalue weighted by Crippen LogP contribution is -2.58. The Morgan fingerprint density at radius 1 is 1.16 bits per heavy atom. The molecule has 2 aliphatic heterocycles. The molecule has 0 bridgehead atoms. The molecule has 3 amide bonds. The zero-order valence-electron chi connectivity index (χ0n) is 16.4. The van der Waals surface area contributed by atoms with Gasteiger partial charge >= 0.3 is 12.1 Å². The van der Waals surface area contributed by atoms with Crippen LogP contribution in [0.4, 0.5) is 9.59 Å². The van der Waals surface area contributed by atoms with Gasteiger partial charge in [0.15, 0.2) is 0 Å². The highest BCUT2D eigenvalue weighted by Crippen LogP contribution is 2.21. The van der Waals surface area contributed by atoms with Crippen LogP contribution >= 0.6 is 0 Å². The van der Waals surface area contributed by atoms with Crippen LogP contribution in [0.5, 0.6) is 0 Å². The van der Waals surface area contributed by atoms with E-state index in [2.05, 4.69) is 5.32 Å². The van der Waals surface area contributed by atoms with Crippen molar-refractivity contribution in [3.8, 4) is 0 Å². The Kier molecular flexibility index (Phi) is 5.86. The minimum absolute atomic E-state index is 0.0310. The molecule has 0 aromatic heterocycles. The van der Waals surface area contributed by atoms with Gasteiger partial charge in [-0.15, -0.1) is 0 Å². The van der Waals surface area contributed by atoms with E-state index in [0.717, 1.165) is 12.8 Å². The molecule has 0 aromatic rings. The Bertz CT molecular complexity index is 493. The lowest BCUT2D eigenvalue weighted by Gasteiger charge is -2.42. The molecule has 1 N–H and O–H groups in total. The maximum absolute atomic E-state index is 12.6. The molecule has 2 aliphatic rings. The summed E-state index contributed by atoms with van der Waals surface area (Å²) in [5, 5.41) is 3.11. The van der Waals surface area contributed by atoms with E-state index >= 15 is 0 Å². The van der Waals surface area contributed by atoms with Gasteiger partial charge in [0, 0.05) is 25.7 Å². The second kappa shape index (κ2) is 7.40. The first-order chi connectivity index (χ1) is 11.5. The molecular formula is C18H33N3O4. The van der Waals surface area contributed by atoms with Gasteiger partial charge in [0.25, 0.3) is 0 Å². The maximum atomic E-state index is 12.6. The molecule has 0 aliphatic carbocycles. The van der Waals surface area contributed by atoms with Crippen LogP contribution in [0.2, 0.25) is 0 Å². The van der Waals surface area contributed by atoms with Crippen LogP contribution in [0, 0.1) is 0 Å². The molecule has 1 atom stereocenters. The maximum Gasteiger partial charge on any atom is 0.410 e. The van der Waals surface area contributed by atoms with Crippen molar-refractivity contribution in [2.24, 2.45) is 0 Å². The Morgan fingerprint density at radius 2 is 1.76 bits per heavy atom. The van der Waals surface area contributed by atoms with Gasteiger partial charge in [-0.2, -0.15) is 0 Å². The summed E-state index contributed by atoms with van der Waals surface area (Å²) in [5.41, 5.74) is -0.808. The third kappa shape index (κ3) is 6.06. The second-order valence-corrected chi connectivity index (χ2v) is 8.76. The number of carbonyl (C=O) groups is 2. The van der Waals surface area contributed by atoms with Crippen molar-refractivity contribution in [2.45, 2.75) is 77.7 Å². The molecule has 7 nitrogen and oxygen atoms in total. The number of piperidine rings is 1. The van der Waals surface area contributed by atoms with Crippen LogP contribution in [0.1, 0.15) is 54.4 Å². The fourth-order valence-corrected chi connectivity index (χ4v) is 3.41. The summed E-state index contributed by atoms with van der Waals surface area (Å²) in [6.45, 7) is 14.0. The molecular weight excluding hydrogens is 322 g/mol. The van der Waals surface area contributed by atoms with Crippen LogP contribution in [0.25, 0.3) is 0 Å². The molecule has 7 heteroatoms. The van der Waals surface area contributed by atoms with Crippen LogP contribution in [-0.4, -0.2) is 71.5 Å². The predicted molar refractivity (Wildman–Crippen MR) is 95.6 cm³/mol. The number of carbonyl (C=O) groups excluding carboxylic acids is 2. The largest absolute Gasteiger partial charge is 0.444 e. The fraction of sp³-hybridized carbons (Fsp3) is 0.889. The van der Waals surface area contributed by atoms with E-state index in [9.17, 15) is 9.59 Å². The van der Waals surface area contributed by atoms with Gasteiger partial charge < -0.3 is 24.6 Å². The molecule has 2 heterocycles. The Morgan fingerprint density at radius 3 is 2.28 bits per heavy atom. The zero-order chi connectivity index (χ0) is 18.8. The molecule has 0 aromatic carbocycles. The van der Waals surface area contributed by atoms with Crippen molar-refractivity contribution < 1.29 is 19.1 Å². The Balaban J connectivity index is 1.80. The van der Waals surface area contributed by atoms with E-state index in [4.69, 9.17) is 9.47 Å². The third-order valence-corrected chi connectivity index (χ3v) is 4.33. The molecule has 2 rings (SSSR count). The molecule has 2 saturated heterocycles. The number of amides is 3. The van der Waals surface area contributed by atoms with E-state index in [-0.39, 0.29) is 29.9 Å². The number of urea groups is 1. The Labute approximate surface area is 151 Å². The molecule has 25 heavy (non-hydrogen) atoms. The third-order valence-electron chi connectivity index (χ3n) is 4.33. The van der Waals surface area contributed by atoms with Crippen molar-refractivity contribution >= 4 is 12.1 Å². The number of nitrogens with one attached hydrogen (secondary N) is 1. The van der Waals surface area contributed by atoms with Gasteiger partial charge in [0.05, 0.1) is 18.2 Å². The first-order valence-corrected chi connectivity index (χ1v) is 9.16. The van der Waals surface area contributed by atoms with E-state index < -0.39 is 5.60 Å². The summed E-state index contributed by atoms with van der Waals surface area (Å²) in [7, 11) is 0. The predicted octanol–water partition coefficient (Wildman–Crippen LogP) is 2.59. The highest BCUT2D eigenvalue weighted by molar-refractivity contribution is 5.75. The van der Waals surface area contributed by atoms with Crippen molar-refractivity contribution in [3.05, 3.63) is 0 Å².